The van der Waals surface area contributed by atoms with Crippen LogP contribution in [0, 0.1) is 0 Å². The minimum atomic E-state index is -0.540. The lowest BCUT2D eigenvalue weighted by molar-refractivity contribution is 0.0636. The summed E-state index contributed by atoms with van der Waals surface area (Å²) in [6, 6.07) is 9.55. The molecule has 1 aliphatic rings. The van der Waals surface area contributed by atoms with Crippen molar-refractivity contribution in [3.63, 3.8) is 0 Å². The minimum Gasteiger partial charge on any atom is -0.463 e. The van der Waals surface area contributed by atoms with Gasteiger partial charge in [-0.3, -0.25) is 5.32 Å². The molecule has 1 aliphatic heterocycles. The Balaban J connectivity index is 1.53. The van der Waals surface area contributed by atoms with Crippen LogP contribution in [-0.2, 0) is 15.9 Å². The molecule has 1 aromatic carbocycles. The lowest BCUT2D eigenvalue weighted by Gasteiger charge is -2.28. The third kappa shape index (κ3) is 7.26. The van der Waals surface area contributed by atoms with Crippen LogP contribution in [0.4, 0.5) is 22.1 Å². The molecule has 4 N–H and O–H groups in total. The van der Waals surface area contributed by atoms with Gasteiger partial charge in [-0.25, -0.2) is 10.6 Å². The Morgan fingerprint density at radius 1 is 1.19 bits per heavy atom. The van der Waals surface area contributed by atoms with Crippen molar-refractivity contribution in [2.75, 3.05) is 48.6 Å². The Hall–Kier alpha value is -3.11. The van der Waals surface area contributed by atoms with Gasteiger partial charge in [-0.1, -0.05) is 12.1 Å². The SMILES string of the molecule is CC(C)(C)OC(=O)Nc1ccc(CCOc2nc(NN)cc(N3CCOCC3)n2)cc1. The number of amides is 1. The number of nitrogens with zero attached hydrogens (tertiary/aromatic N) is 3. The lowest BCUT2D eigenvalue weighted by Crippen LogP contribution is -2.37. The fourth-order valence-electron chi connectivity index (χ4n) is 2.94. The molecular weight excluding hydrogens is 400 g/mol. The van der Waals surface area contributed by atoms with E-state index < -0.39 is 11.7 Å². The van der Waals surface area contributed by atoms with E-state index in [0.29, 0.717) is 37.7 Å². The first-order valence-electron chi connectivity index (χ1n) is 10.2. The predicted molar refractivity (Wildman–Crippen MR) is 118 cm³/mol. The molecule has 3 rings (SSSR count). The molecule has 168 valence electrons. The van der Waals surface area contributed by atoms with Crippen molar-refractivity contribution in [1.29, 1.82) is 0 Å². The second-order valence-corrected chi connectivity index (χ2v) is 8.06. The number of carbonyl (C=O) groups is 1. The van der Waals surface area contributed by atoms with E-state index in [1.807, 2.05) is 45.0 Å². The van der Waals surface area contributed by atoms with Crippen molar-refractivity contribution < 1.29 is 19.0 Å². The summed E-state index contributed by atoms with van der Waals surface area (Å²) >= 11 is 0. The van der Waals surface area contributed by atoms with Gasteiger partial charge >= 0.3 is 12.1 Å². The Morgan fingerprint density at radius 3 is 2.55 bits per heavy atom. The van der Waals surface area contributed by atoms with Gasteiger partial charge in [0.05, 0.1) is 19.8 Å². The highest BCUT2D eigenvalue weighted by atomic mass is 16.6. The maximum atomic E-state index is 11.8. The number of benzene rings is 1. The Bertz CT molecular complexity index is 863. The largest absolute Gasteiger partial charge is 0.463 e. The molecule has 0 aliphatic carbocycles. The second-order valence-electron chi connectivity index (χ2n) is 8.06. The predicted octanol–water partition coefficient (Wildman–Crippen LogP) is 2.57. The first kappa shape index (κ1) is 22.6. The average Bonchev–Trinajstić information content (AvgIpc) is 2.74. The van der Waals surface area contributed by atoms with Crippen molar-refractivity contribution in [1.82, 2.24) is 9.97 Å². The van der Waals surface area contributed by atoms with E-state index in [1.54, 1.807) is 6.07 Å². The normalized spacial score (nSPS) is 14.1. The number of carbonyl (C=O) groups excluding carboxylic acids is 1. The van der Waals surface area contributed by atoms with E-state index >= 15 is 0 Å². The number of hydrogen-bond acceptors (Lipinski definition) is 9. The van der Waals surface area contributed by atoms with Crippen LogP contribution in [0.1, 0.15) is 26.3 Å². The molecule has 0 unspecified atom stereocenters. The monoisotopic (exact) mass is 430 g/mol. The molecule has 1 amide bonds. The Labute approximate surface area is 182 Å². The van der Waals surface area contributed by atoms with Crippen LogP contribution in [0.3, 0.4) is 0 Å². The lowest BCUT2D eigenvalue weighted by atomic mass is 10.1. The van der Waals surface area contributed by atoms with E-state index in [4.69, 9.17) is 20.1 Å². The first-order chi connectivity index (χ1) is 14.8. The second kappa shape index (κ2) is 10.3. The highest BCUT2D eigenvalue weighted by molar-refractivity contribution is 5.84. The maximum absolute atomic E-state index is 11.8. The van der Waals surface area contributed by atoms with E-state index in [9.17, 15) is 4.79 Å². The van der Waals surface area contributed by atoms with E-state index in [1.165, 1.54) is 0 Å². The van der Waals surface area contributed by atoms with Crippen LogP contribution >= 0.6 is 0 Å². The van der Waals surface area contributed by atoms with Crippen molar-refractivity contribution in [3.05, 3.63) is 35.9 Å². The van der Waals surface area contributed by atoms with Crippen molar-refractivity contribution in [2.24, 2.45) is 5.84 Å². The highest BCUT2D eigenvalue weighted by Crippen LogP contribution is 2.20. The zero-order valence-electron chi connectivity index (χ0n) is 18.2. The molecule has 0 radical (unpaired) electrons. The zero-order valence-corrected chi connectivity index (χ0v) is 18.2. The number of ether oxygens (including phenoxy) is 3. The van der Waals surface area contributed by atoms with Crippen LogP contribution < -0.4 is 26.2 Å². The molecule has 10 nitrogen and oxygen atoms in total. The van der Waals surface area contributed by atoms with Crippen molar-refractivity contribution >= 4 is 23.4 Å². The van der Waals surface area contributed by atoms with Crippen molar-refractivity contribution in [3.8, 4) is 6.01 Å². The molecule has 10 heteroatoms. The number of nitrogens with two attached hydrogens (primary N) is 1. The van der Waals surface area contributed by atoms with Gasteiger partial charge in [-0.05, 0) is 38.5 Å². The summed E-state index contributed by atoms with van der Waals surface area (Å²) in [5.41, 5.74) is 3.74. The quantitative estimate of drug-likeness (QED) is 0.449. The number of hydrogen-bond donors (Lipinski definition) is 3. The Kier molecular flexibility index (Phi) is 7.48. The molecule has 1 aromatic heterocycles. The molecule has 2 aromatic rings. The number of morpholine rings is 1. The summed E-state index contributed by atoms with van der Waals surface area (Å²) in [6.07, 6.45) is 0.175. The van der Waals surface area contributed by atoms with Gasteiger partial charge in [0.1, 0.15) is 17.2 Å². The standard InChI is InChI=1S/C21H30N6O4/c1-21(2,3)31-20(28)23-16-6-4-15(5-7-16)8-11-30-19-24-17(26-22)14-18(25-19)27-9-12-29-13-10-27/h4-7,14H,8-13,22H2,1-3H3,(H,23,28)(H,24,25,26). The summed E-state index contributed by atoms with van der Waals surface area (Å²) in [6.45, 7) is 8.69. The third-order valence-electron chi connectivity index (χ3n) is 4.40. The van der Waals surface area contributed by atoms with Crippen molar-refractivity contribution in [2.45, 2.75) is 32.8 Å². The van der Waals surface area contributed by atoms with Gasteiger partial charge in [-0.15, -0.1) is 0 Å². The molecule has 2 heterocycles. The number of nitrogen functional groups attached to an aromatic ring is 1. The summed E-state index contributed by atoms with van der Waals surface area (Å²) in [4.78, 5) is 22.7. The van der Waals surface area contributed by atoms with Gasteiger partial charge in [0.25, 0.3) is 0 Å². The fraction of sp³-hybridized carbons (Fsp3) is 0.476. The number of aromatic nitrogens is 2. The van der Waals surface area contributed by atoms with E-state index in [2.05, 4.69) is 25.6 Å². The topological polar surface area (TPSA) is 124 Å². The average molecular weight is 431 g/mol. The van der Waals surface area contributed by atoms with Gasteiger partial charge < -0.3 is 24.5 Å². The third-order valence-corrected chi connectivity index (χ3v) is 4.40. The molecule has 31 heavy (non-hydrogen) atoms. The van der Waals surface area contributed by atoms with Gasteiger partial charge in [0, 0.05) is 31.3 Å². The summed E-state index contributed by atoms with van der Waals surface area (Å²) in [5, 5.41) is 2.71. The number of hydrazine groups is 1. The summed E-state index contributed by atoms with van der Waals surface area (Å²) in [7, 11) is 0. The first-order valence-corrected chi connectivity index (χ1v) is 10.2. The molecule has 0 saturated carbocycles. The van der Waals surface area contributed by atoms with Crippen LogP contribution in [0.2, 0.25) is 0 Å². The Morgan fingerprint density at radius 2 is 1.90 bits per heavy atom. The number of rotatable bonds is 7. The molecule has 0 bridgehead atoms. The molecule has 1 fully saturated rings. The number of nitrogens with one attached hydrogen (secondary N) is 2. The zero-order chi connectivity index (χ0) is 22.3. The summed E-state index contributed by atoms with van der Waals surface area (Å²) in [5.74, 6) is 6.78. The van der Waals surface area contributed by atoms with Crippen LogP contribution in [-0.4, -0.2) is 54.6 Å². The van der Waals surface area contributed by atoms with Gasteiger partial charge in [0.15, 0.2) is 0 Å². The number of anilines is 3. The van der Waals surface area contributed by atoms with E-state index in [-0.39, 0.29) is 6.01 Å². The highest BCUT2D eigenvalue weighted by Gasteiger charge is 2.17. The van der Waals surface area contributed by atoms with Gasteiger partial charge in [0.2, 0.25) is 0 Å². The van der Waals surface area contributed by atoms with Crippen LogP contribution in [0.5, 0.6) is 6.01 Å². The summed E-state index contributed by atoms with van der Waals surface area (Å²) < 4.78 is 16.4. The molecule has 1 saturated heterocycles. The van der Waals surface area contributed by atoms with Gasteiger partial charge in [-0.2, -0.15) is 9.97 Å². The maximum Gasteiger partial charge on any atom is 0.412 e. The molecule has 0 atom stereocenters. The molecule has 0 spiro atoms. The van der Waals surface area contributed by atoms with Crippen LogP contribution in [0.25, 0.3) is 0 Å². The van der Waals surface area contributed by atoms with E-state index in [0.717, 1.165) is 24.5 Å². The fourth-order valence-corrected chi connectivity index (χ4v) is 2.94. The minimum absolute atomic E-state index is 0.264. The smallest absolute Gasteiger partial charge is 0.412 e. The molecular formula is C21H30N6O4. The van der Waals surface area contributed by atoms with Crippen LogP contribution in [0.15, 0.2) is 30.3 Å².